The maximum atomic E-state index is 15.8. The Hall–Kier alpha value is -1.44. The molecule has 0 amide bonds. The Bertz CT molecular complexity index is 899. The van der Waals surface area contributed by atoms with Crippen LogP contribution in [0.2, 0.25) is 0 Å². The van der Waals surface area contributed by atoms with Crippen molar-refractivity contribution in [2.24, 2.45) is 44.8 Å². The third-order valence-corrected chi connectivity index (χ3v) is 9.12. The molecule has 0 aliphatic heterocycles. The monoisotopic (exact) mass is 425 g/mol. The van der Waals surface area contributed by atoms with E-state index in [1.165, 1.54) is 12.8 Å². The molecular weight excluding hydrogens is 393 g/mol. The summed E-state index contributed by atoms with van der Waals surface area (Å²) in [5.41, 5.74) is 1.37. The number of halogens is 1. The Morgan fingerprint density at radius 3 is 2.66 bits per heavy atom. The number of nitrogens with one attached hydrogen (secondary N) is 1. The van der Waals surface area contributed by atoms with Gasteiger partial charge in [0.25, 0.3) is 0 Å². The molecule has 7 atom stereocenters. The molecule has 4 rings (SSSR count). The SMILES string of the molecule is C[C@@H]1CC[C@H]2[C@@H]3CCC4=CC(=NNS(C)(=O)=O)C(=NO)C[C@]4(C)[C@H]3[C@@H](F)C[C@]12C. The third kappa shape index (κ3) is 3.22. The lowest BCUT2D eigenvalue weighted by atomic mass is 9.46. The van der Waals surface area contributed by atoms with Crippen LogP contribution in [-0.2, 0) is 10.0 Å². The van der Waals surface area contributed by atoms with Crippen molar-refractivity contribution in [3.05, 3.63) is 11.6 Å². The van der Waals surface area contributed by atoms with Crippen molar-refractivity contribution in [3.8, 4) is 0 Å². The van der Waals surface area contributed by atoms with E-state index >= 15 is 4.39 Å². The summed E-state index contributed by atoms with van der Waals surface area (Å²) in [5.74, 6) is 1.33. The van der Waals surface area contributed by atoms with E-state index < -0.39 is 21.6 Å². The van der Waals surface area contributed by atoms with Crippen molar-refractivity contribution in [3.63, 3.8) is 0 Å². The molecule has 4 aliphatic rings. The predicted molar refractivity (Wildman–Crippen MR) is 111 cm³/mol. The molecule has 3 saturated carbocycles. The molecule has 0 aromatic carbocycles. The first kappa shape index (κ1) is 20.8. The first-order chi connectivity index (χ1) is 13.5. The lowest BCUT2D eigenvalue weighted by molar-refractivity contribution is -0.0926. The highest BCUT2D eigenvalue weighted by Gasteiger charge is 2.62. The molecule has 0 unspecified atom stereocenters. The van der Waals surface area contributed by atoms with Crippen molar-refractivity contribution >= 4 is 21.4 Å². The lowest BCUT2D eigenvalue weighted by Crippen LogP contribution is -2.56. The summed E-state index contributed by atoms with van der Waals surface area (Å²) < 4.78 is 38.6. The number of sulfonamides is 1. The van der Waals surface area contributed by atoms with E-state index in [9.17, 15) is 13.6 Å². The quantitative estimate of drug-likeness (QED) is 0.520. The summed E-state index contributed by atoms with van der Waals surface area (Å²) in [6.45, 7) is 6.65. The van der Waals surface area contributed by atoms with Gasteiger partial charge >= 0.3 is 0 Å². The van der Waals surface area contributed by atoms with Crippen LogP contribution in [0, 0.1) is 34.5 Å². The summed E-state index contributed by atoms with van der Waals surface area (Å²) in [5, 5.41) is 16.9. The Morgan fingerprint density at radius 1 is 1.28 bits per heavy atom. The number of alkyl halides is 1. The van der Waals surface area contributed by atoms with Crippen molar-refractivity contribution in [2.45, 2.75) is 65.5 Å². The second-order valence-corrected chi connectivity index (χ2v) is 11.9. The average molecular weight is 426 g/mol. The van der Waals surface area contributed by atoms with Gasteiger partial charge < -0.3 is 5.21 Å². The molecular formula is C21H32FN3O3S. The van der Waals surface area contributed by atoms with Crippen LogP contribution in [0.25, 0.3) is 0 Å². The number of fused-ring (bicyclic) bond motifs is 5. The fraction of sp³-hybridized carbons (Fsp3) is 0.810. The molecule has 8 heteroatoms. The van der Waals surface area contributed by atoms with Crippen LogP contribution in [0.5, 0.6) is 0 Å². The molecule has 0 radical (unpaired) electrons. The van der Waals surface area contributed by atoms with E-state index in [1.807, 2.05) is 6.08 Å². The fourth-order valence-electron chi connectivity index (χ4n) is 7.12. The van der Waals surface area contributed by atoms with Gasteiger partial charge in [-0.2, -0.15) is 5.10 Å². The number of hydrogen-bond acceptors (Lipinski definition) is 5. The van der Waals surface area contributed by atoms with Gasteiger partial charge in [-0.05, 0) is 61.3 Å². The summed E-state index contributed by atoms with van der Waals surface area (Å²) in [7, 11) is -3.51. The van der Waals surface area contributed by atoms with Gasteiger partial charge in [-0.3, -0.25) is 0 Å². The van der Waals surface area contributed by atoms with Gasteiger partial charge in [-0.1, -0.05) is 31.5 Å². The van der Waals surface area contributed by atoms with E-state index in [4.69, 9.17) is 0 Å². The highest BCUT2D eigenvalue weighted by atomic mass is 32.2. The predicted octanol–water partition coefficient (Wildman–Crippen LogP) is 3.88. The van der Waals surface area contributed by atoms with Crippen LogP contribution in [0.4, 0.5) is 4.39 Å². The number of hydrazone groups is 1. The number of allylic oxidation sites excluding steroid dienone is 2. The molecule has 0 aromatic rings. The number of nitrogens with zero attached hydrogens (tertiary/aromatic N) is 2. The van der Waals surface area contributed by atoms with Crippen LogP contribution in [0.1, 0.15) is 59.3 Å². The second-order valence-electron chi connectivity index (χ2n) is 10.2. The van der Waals surface area contributed by atoms with Crippen LogP contribution in [-0.4, -0.2) is 37.5 Å². The molecule has 4 aliphatic carbocycles. The van der Waals surface area contributed by atoms with Gasteiger partial charge in [0.05, 0.1) is 6.26 Å². The highest BCUT2D eigenvalue weighted by molar-refractivity contribution is 7.88. The zero-order valence-corrected chi connectivity index (χ0v) is 18.5. The van der Waals surface area contributed by atoms with E-state index in [0.29, 0.717) is 42.0 Å². The Morgan fingerprint density at radius 2 is 2.00 bits per heavy atom. The van der Waals surface area contributed by atoms with E-state index in [2.05, 4.69) is 35.9 Å². The van der Waals surface area contributed by atoms with Crippen LogP contribution >= 0.6 is 0 Å². The fourth-order valence-corrected chi connectivity index (χ4v) is 7.38. The van der Waals surface area contributed by atoms with Crippen LogP contribution in [0.15, 0.2) is 21.9 Å². The molecule has 2 N–H and O–H groups in total. The van der Waals surface area contributed by atoms with Gasteiger partial charge in [0.1, 0.15) is 17.6 Å². The standard InChI is InChI=1S/C21H32FN3O3S/c1-12-5-8-15-14-7-6-13-9-17(23-25-29(4,27)28)18(24-26)11-21(13,3)19(14)16(22)10-20(12,15)2/h9,12,14-16,19,25-26H,5-8,10-11H2,1-4H3/t12-,14+,15+,16+,19-,20-,21+/m1/s1. The zero-order valence-electron chi connectivity index (χ0n) is 17.7. The Labute approximate surface area is 172 Å². The minimum absolute atomic E-state index is 0.0761. The topological polar surface area (TPSA) is 91.1 Å². The van der Waals surface area contributed by atoms with Crippen LogP contribution in [0.3, 0.4) is 0 Å². The summed E-state index contributed by atoms with van der Waals surface area (Å²) in [6, 6.07) is 0. The maximum Gasteiger partial charge on any atom is 0.244 e. The second kappa shape index (κ2) is 6.79. The minimum atomic E-state index is -3.51. The molecule has 162 valence electrons. The Balaban J connectivity index is 1.72. The lowest BCUT2D eigenvalue weighted by Gasteiger charge is -2.59. The van der Waals surface area contributed by atoms with Gasteiger partial charge in [0.2, 0.25) is 10.0 Å². The van der Waals surface area contributed by atoms with Crippen molar-refractivity contribution in [2.75, 3.05) is 6.26 Å². The van der Waals surface area contributed by atoms with E-state index in [-0.39, 0.29) is 11.3 Å². The molecule has 6 nitrogen and oxygen atoms in total. The van der Waals surface area contributed by atoms with Crippen molar-refractivity contribution in [1.29, 1.82) is 0 Å². The van der Waals surface area contributed by atoms with Crippen molar-refractivity contribution < 1.29 is 18.0 Å². The van der Waals surface area contributed by atoms with Gasteiger partial charge in [0, 0.05) is 17.8 Å². The molecule has 0 bridgehead atoms. The maximum absolute atomic E-state index is 15.8. The zero-order chi connectivity index (χ0) is 21.2. The smallest absolute Gasteiger partial charge is 0.244 e. The molecule has 29 heavy (non-hydrogen) atoms. The third-order valence-electron chi connectivity index (χ3n) is 8.70. The minimum Gasteiger partial charge on any atom is -0.411 e. The average Bonchev–Trinajstić information content (AvgIpc) is 2.92. The number of hydrogen-bond donors (Lipinski definition) is 2. The Kier molecular flexibility index (Phi) is 4.87. The van der Waals surface area contributed by atoms with Crippen LogP contribution < -0.4 is 4.83 Å². The summed E-state index contributed by atoms with van der Waals surface area (Å²) in [6.07, 6.45) is 7.08. The van der Waals surface area contributed by atoms with E-state index in [1.54, 1.807) is 0 Å². The molecule has 0 saturated heterocycles. The molecule has 0 heterocycles. The van der Waals surface area contributed by atoms with Gasteiger partial charge in [0.15, 0.2) is 0 Å². The van der Waals surface area contributed by atoms with Gasteiger partial charge in [-0.15, -0.1) is 0 Å². The molecule has 0 spiro atoms. The normalized spacial score (nSPS) is 47.3. The number of rotatable bonds is 2. The molecule has 3 fully saturated rings. The summed E-state index contributed by atoms with van der Waals surface area (Å²) in [4.78, 5) is 2.12. The first-order valence-electron chi connectivity index (χ1n) is 10.6. The highest BCUT2D eigenvalue weighted by Crippen LogP contribution is 2.66. The number of oxime groups is 1. The largest absolute Gasteiger partial charge is 0.411 e. The van der Waals surface area contributed by atoms with E-state index in [0.717, 1.165) is 24.7 Å². The van der Waals surface area contributed by atoms with Crippen molar-refractivity contribution in [1.82, 2.24) is 4.83 Å². The van der Waals surface area contributed by atoms with Gasteiger partial charge in [-0.25, -0.2) is 17.6 Å². The molecule has 0 aromatic heterocycles. The summed E-state index contributed by atoms with van der Waals surface area (Å²) >= 11 is 0. The first-order valence-corrected chi connectivity index (χ1v) is 12.5.